The average molecular weight is 397 g/mol. The summed E-state index contributed by atoms with van der Waals surface area (Å²) in [7, 11) is 1.94. The predicted octanol–water partition coefficient (Wildman–Crippen LogP) is 3.76. The van der Waals surface area contributed by atoms with E-state index in [1.807, 2.05) is 42.3 Å². The fraction of sp³-hybridized carbons (Fsp3) is 0.333. The van der Waals surface area contributed by atoms with Crippen molar-refractivity contribution in [2.45, 2.75) is 23.3 Å². The molecular formula is C18H24N2O4S2. The molecule has 0 aliphatic heterocycles. The number of aliphatic hydroxyl groups excluding tert-OH is 1. The molecule has 2 aromatic carbocycles. The highest BCUT2D eigenvalue weighted by atomic mass is 32.2. The van der Waals surface area contributed by atoms with Gasteiger partial charge in [-0.3, -0.25) is 4.90 Å². The fourth-order valence-electron chi connectivity index (χ4n) is 2.47. The van der Waals surface area contributed by atoms with Crippen molar-refractivity contribution in [2.75, 3.05) is 26.5 Å². The molecule has 0 saturated carbocycles. The molecule has 0 saturated heterocycles. The van der Waals surface area contributed by atoms with Gasteiger partial charge in [0, 0.05) is 28.4 Å². The molecule has 26 heavy (non-hydrogen) atoms. The van der Waals surface area contributed by atoms with Crippen LogP contribution in [0.3, 0.4) is 0 Å². The van der Waals surface area contributed by atoms with Crippen molar-refractivity contribution in [3.05, 3.63) is 47.5 Å². The summed E-state index contributed by atoms with van der Waals surface area (Å²) in [5.41, 5.74) is 2.15. The van der Waals surface area contributed by atoms with Gasteiger partial charge in [0.1, 0.15) is 11.5 Å². The van der Waals surface area contributed by atoms with Crippen LogP contribution in [0.2, 0.25) is 0 Å². The van der Waals surface area contributed by atoms with Crippen molar-refractivity contribution in [1.82, 2.24) is 4.90 Å². The second kappa shape index (κ2) is 10.8. The second-order valence-corrected chi connectivity index (χ2v) is 7.33. The maximum atomic E-state index is 9.14. The molecule has 0 spiro atoms. The quantitative estimate of drug-likeness (QED) is 0.272. The van der Waals surface area contributed by atoms with Crippen LogP contribution in [0.1, 0.15) is 11.1 Å². The van der Waals surface area contributed by atoms with Crippen LogP contribution < -0.4 is 10.6 Å². The Balaban J connectivity index is 2.25. The second-order valence-electron chi connectivity index (χ2n) is 5.71. The molecule has 0 fully saturated rings. The standard InChI is InChI=1S/C18H24N2O4S2/c1-13-10-15(4-7-18(13)25-3)22-17-6-5-16(26-24-23-19)11-14(17)12-20(2)8-9-21/h4-7,10-11,21H,8-9,12,19H2,1-3H3. The van der Waals surface area contributed by atoms with Gasteiger partial charge < -0.3 is 9.84 Å². The van der Waals surface area contributed by atoms with Crippen LogP contribution in [0.5, 0.6) is 11.5 Å². The topological polar surface area (TPSA) is 77.2 Å². The number of hydrogen-bond acceptors (Lipinski definition) is 8. The molecule has 0 aliphatic carbocycles. The number of hydrogen-bond donors (Lipinski definition) is 2. The van der Waals surface area contributed by atoms with E-state index in [0.717, 1.165) is 34.0 Å². The van der Waals surface area contributed by atoms with Crippen LogP contribution >= 0.6 is 23.8 Å². The smallest absolute Gasteiger partial charge is 0.132 e. The number of ether oxygens (including phenoxy) is 1. The van der Waals surface area contributed by atoms with E-state index in [-0.39, 0.29) is 6.61 Å². The number of nitrogens with zero attached hydrogens (tertiary/aromatic N) is 1. The highest BCUT2D eigenvalue weighted by molar-refractivity contribution is 7.98. The van der Waals surface area contributed by atoms with Gasteiger partial charge in [-0.15, -0.1) is 21.1 Å². The first kappa shape index (κ1) is 21.0. The van der Waals surface area contributed by atoms with E-state index < -0.39 is 0 Å². The van der Waals surface area contributed by atoms with E-state index in [0.29, 0.717) is 13.1 Å². The average Bonchev–Trinajstić information content (AvgIpc) is 2.62. The molecule has 8 heteroatoms. The van der Waals surface area contributed by atoms with Gasteiger partial charge in [0.25, 0.3) is 0 Å². The number of aliphatic hydroxyl groups is 1. The first-order valence-corrected chi connectivity index (χ1v) is 9.99. The Morgan fingerprint density at radius 3 is 2.65 bits per heavy atom. The first-order chi connectivity index (χ1) is 12.6. The van der Waals surface area contributed by atoms with Crippen molar-refractivity contribution in [1.29, 1.82) is 0 Å². The summed E-state index contributed by atoms with van der Waals surface area (Å²) in [5.74, 6) is 6.44. The zero-order valence-corrected chi connectivity index (χ0v) is 16.7. The number of rotatable bonds is 10. The summed E-state index contributed by atoms with van der Waals surface area (Å²) in [5, 5.41) is 9.14. The van der Waals surface area contributed by atoms with Crippen molar-refractivity contribution >= 4 is 23.8 Å². The van der Waals surface area contributed by atoms with Crippen molar-refractivity contribution in [2.24, 2.45) is 5.90 Å². The summed E-state index contributed by atoms with van der Waals surface area (Å²) in [6, 6.07) is 11.8. The molecule has 6 nitrogen and oxygen atoms in total. The van der Waals surface area contributed by atoms with Gasteiger partial charge in [-0.1, -0.05) is 0 Å². The van der Waals surface area contributed by atoms with Crippen molar-refractivity contribution in [3.8, 4) is 11.5 Å². The lowest BCUT2D eigenvalue weighted by molar-refractivity contribution is -0.195. The molecule has 2 aromatic rings. The molecule has 0 aromatic heterocycles. The number of aryl methyl sites for hydroxylation is 1. The van der Waals surface area contributed by atoms with Gasteiger partial charge >= 0.3 is 0 Å². The maximum absolute atomic E-state index is 9.14. The van der Waals surface area contributed by atoms with E-state index in [4.69, 9.17) is 20.1 Å². The number of nitrogens with two attached hydrogens (primary N) is 1. The van der Waals surface area contributed by atoms with Crippen molar-refractivity contribution in [3.63, 3.8) is 0 Å². The van der Waals surface area contributed by atoms with E-state index in [1.165, 1.54) is 10.5 Å². The first-order valence-electron chi connectivity index (χ1n) is 8.02. The molecule has 0 amide bonds. The van der Waals surface area contributed by atoms with E-state index in [1.54, 1.807) is 11.8 Å². The Kier molecular flexibility index (Phi) is 8.73. The minimum absolute atomic E-state index is 0.0978. The van der Waals surface area contributed by atoms with Crippen LogP contribution in [0.4, 0.5) is 0 Å². The highest BCUT2D eigenvalue weighted by Crippen LogP contribution is 2.32. The molecule has 0 bridgehead atoms. The van der Waals surface area contributed by atoms with Crippen LogP contribution in [-0.4, -0.2) is 36.5 Å². The Bertz CT molecular complexity index is 716. The van der Waals surface area contributed by atoms with Gasteiger partial charge in [0.05, 0.1) is 18.6 Å². The summed E-state index contributed by atoms with van der Waals surface area (Å²) in [6.07, 6.45) is 2.06. The van der Waals surface area contributed by atoms with Gasteiger partial charge in [0.2, 0.25) is 0 Å². The SMILES string of the molecule is CSc1ccc(Oc2ccc(SOON)cc2CN(C)CCO)cc1C. The normalized spacial score (nSPS) is 11.2. The third-order valence-electron chi connectivity index (χ3n) is 3.72. The number of benzene rings is 2. The van der Waals surface area contributed by atoms with E-state index in [9.17, 15) is 0 Å². The lowest BCUT2D eigenvalue weighted by atomic mass is 10.2. The molecular weight excluding hydrogens is 372 g/mol. The van der Waals surface area contributed by atoms with Gasteiger partial charge in [0.15, 0.2) is 0 Å². The van der Waals surface area contributed by atoms with Crippen LogP contribution in [0.25, 0.3) is 0 Å². The molecule has 0 heterocycles. The molecule has 2 rings (SSSR count). The van der Waals surface area contributed by atoms with Crippen LogP contribution in [0.15, 0.2) is 46.2 Å². The van der Waals surface area contributed by atoms with Crippen molar-refractivity contribution < 1.29 is 19.2 Å². The fourth-order valence-corrected chi connectivity index (χ4v) is 3.49. The number of likely N-dealkylation sites (N-methyl/N-ethyl adjacent to an activating group) is 1. The zero-order valence-electron chi connectivity index (χ0n) is 15.1. The van der Waals surface area contributed by atoms with Crippen LogP contribution in [0, 0.1) is 6.92 Å². The lowest BCUT2D eigenvalue weighted by Crippen LogP contribution is -2.21. The van der Waals surface area contributed by atoms with Gasteiger partial charge in [-0.25, -0.2) is 0 Å². The Hall–Kier alpha value is -1.26. The number of thioether (sulfide) groups is 1. The molecule has 0 radical (unpaired) electrons. The minimum atomic E-state index is 0.0978. The summed E-state index contributed by atoms with van der Waals surface area (Å²) in [4.78, 5) is 8.23. The molecule has 0 aliphatic rings. The Labute approximate surface area is 162 Å². The highest BCUT2D eigenvalue weighted by Gasteiger charge is 2.11. The lowest BCUT2D eigenvalue weighted by Gasteiger charge is -2.19. The maximum Gasteiger partial charge on any atom is 0.132 e. The summed E-state index contributed by atoms with van der Waals surface area (Å²) < 4.78 is 10.8. The summed E-state index contributed by atoms with van der Waals surface area (Å²) in [6.45, 7) is 3.36. The molecule has 142 valence electrons. The molecule has 0 unspecified atom stereocenters. The summed E-state index contributed by atoms with van der Waals surface area (Å²) >= 11 is 2.74. The third kappa shape index (κ3) is 6.17. The largest absolute Gasteiger partial charge is 0.457 e. The zero-order chi connectivity index (χ0) is 18.9. The van der Waals surface area contributed by atoms with Crippen LogP contribution in [-0.2, 0) is 15.9 Å². The molecule has 3 N–H and O–H groups in total. The Morgan fingerprint density at radius 2 is 2.00 bits per heavy atom. The van der Waals surface area contributed by atoms with E-state index >= 15 is 0 Å². The third-order valence-corrected chi connectivity index (χ3v) is 5.21. The van der Waals surface area contributed by atoms with Gasteiger partial charge in [-0.2, -0.15) is 5.90 Å². The Morgan fingerprint density at radius 1 is 1.19 bits per heavy atom. The minimum Gasteiger partial charge on any atom is -0.457 e. The van der Waals surface area contributed by atoms with E-state index in [2.05, 4.69) is 24.2 Å². The predicted molar refractivity (Wildman–Crippen MR) is 105 cm³/mol. The molecule has 0 atom stereocenters. The monoisotopic (exact) mass is 396 g/mol. The van der Waals surface area contributed by atoms with Gasteiger partial charge in [-0.05, 0) is 62.2 Å².